The van der Waals surface area contributed by atoms with Crippen molar-refractivity contribution in [2.75, 3.05) is 6.61 Å². The molecular weight excluding hydrogens is 234 g/mol. The predicted molar refractivity (Wildman–Crippen MR) is 82.5 cm³/mol. The standard InChI is InChI=1S/C17H29NO/c1-3-5-6-7-8-9-14-19-16-12-10-15(11-13-16)17(18)4-2/h10-13,17H,3-9,14,18H2,1-2H3/t17-/m1/s1. The van der Waals surface area contributed by atoms with Crippen molar-refractivity contribution in [2.24, 2.45) is 5.73 Å². The normalized spacial score (nSPS) is 12.4. The Labute approximate surface area is 118 Å². The number of ether oxygens (including phenoxy) is 1. The number of hydrogen-bond acceptors (Lipinski definition) is 2. The van der Waals surface area contributed by atoms with E-state index in [4.69, 9.17) is 10.5 Å². The summed E-state index contributed by atoms with van der Waals surface area (Å²) in [4.78, 5) is 0. The van der Waals surface area contributed by atoms with Crippen LogP contribution >= 0.6 is 0 Å². The van der Waals surface area contributed by atoms with Gasteiger partial charge in [-0.3, -0.25) is 0 Å². The Balaban J connectivity index is 2.16. The third-order valence-corrected chi connectivity index (χ3v) is 3.51. The van der Waals surface area contributed by atoms with Gasteiger partial charge in [0.2, 0.25) is 0 Å². The van der Waals surface area contributed by atoms with Crippen molar-refractivity contribution >= 4 is 0 Å². The zero-order valence-corrected chi connectivity index (χ0v) is 12.5. The maximum absolute atomic E-state index is 5.98. The lowest BCUT2D eigenvalue weighted by Crippen LogP contribution is -2.08. The molecule has 0 fully saturated rings. The molecule has 0 heterocycles. The van der Waals surface area contributed by atoms with Crippen molar-refractivity contribution in [1.82, 2.24) is 0 Å². The monoisotopic (exact) mass is 263 g/mol. The van der Waals surface area contributed by atoms with Gasteiger partial charge < -0.3 is 10.5 Å². The molecule has 1 aromatic carbocycles. The third kappa shape index (κ3) is 6.63. The fraction of sp³-hybridized carbons (Fsp3) is 0.647. The first-order valence-corrected chi connectivity index (χ1v) is 7.76. The van der Waals surface area contributed by atoms with Gasteiger partial charge >= 0.3 is 0 Å². The summed E-state index contributed by atoms with van der Waals surface area (Å²) in [5, 5.41) is 0. The predicted octanol–water partition coefficient (Wildman–Crippen LogP) is 4.84. The molecule has 19 heavy (non-hydrogen) atoms. The molecule has 0 unspecified atom stereocenters. The summed E-state index contributed by atoms with van der Waals surface area (Å²) < 4.78 is 5.74. The molecule has 0 aromatic heterocycles. The van der Waals surface area contributed by atoms with Gasteiger partial charge in [0.1, 0.15) is 5.75 Å². The molecule has 0 aliphatic rings. The average Bonchev–Trinajstić information content (AvgIpc) is 2.46. The lowest BCUT2D eigenvalue weighted by atomic mass is 10.1. The number of unbranched alkanes of at least 4 members (excludes halogenated alkanes) is 5. The minimum Gasteiger partial charge on any atom is -0.494 e. The van der Waals surface area contributed by atoms with Gasteiger partial charge in [0, 0.05) is 6.04 Å². The first-order chi connectivity index (χ1) is 9.27. The Morgan fingerprint density at radius 1 is 0.947 bits per heavy atom. The van der Waals surface area contributed by atoms with Crippen LogP contribution < -0.4 is 10.5 Å². The van der Waals surface area contributed by atoms with Crippen LogP contribution in [0.25, 0.3) is 0 Å². The van der Waals surface area contributed by atoms with Crippen molar-refractivity contribution in [1.29, 1.82) is 0 Å². The van der Waals surface area contributed by atoms with Crippen LogP contribution in [0.4, 0.5) is 0 Å². The molecule has 0 amide bonds. The zero-order chi connectivity index (χ0) is 13.9. The highest BCUT2D eigenvalue weighted by atomic mass is 16.5. The van der Waals surface area contributed by atoms with Crippen molar-refractivity contribution in [3.05, 3.63) is 29.8 Å². The van der Waals surface area contributed by atoms with Gasteiger partial charge in [-0.2, -0.15) is 0 Å². The van der Waals surface area contributed by atoms with E-state index in [1.165, 1.54) is 37.7 Å². The maximum Gasteiger partial charge on any atom is 0.119 e. The summed E-state index contributed by atoms with van der Waals surface area (Å²) in [6, 6.07) is 8.35. The van der Waals surface area contributed by atoms with Gasteiger partial charge in [-0.05, 0) is 30.5 Å². The highest BCUT2D eigenvalue weighted by Crippen LogP contribution is 2.18. The molecule has 0 saturated heterocycles. The Morgan fingerprint density at radius 3 is 2.21 bits per heavy atom. The largest absolute Gasteiger partial charge is 0.494 e. The van der Waals surface area contributed by atoms with Crippen LogP contribution in [-0.4, -0.2) is 6.61 Å². The second-order valence-corrected chi connectivity index (χ2v) is 5.20. The molecule has 1 rings (SSSR count). The summed E-state index contributed by atoms with van der Waals surface area (Å²) in [7, 11) is 0. The fourth-order valence-electron chi connectivity index (χ4n) is 2.12. The van der Waals surface area contributed by atoms with Crippen molar-refractivity contribution in [2.45, 2.75) is 64.8 Å². The van der Waals surface area contributed by atoms with Crippen LogP contribution in [0, 0.1) is 0 Å². The Bertz CT molecular complexity index is 321. The van der Waals surface area contributed by atoms with Crippen LogP contribution in [-0.2, 0) is 0 Å². The number of rotatable bonds is 10. The molecule has 0 bridgehead atoms. The second-order valence-electron chi connectivity index (χ2n) is 5.20. The SMILES string of the molecule is CCCCCCCCOc1ccc([C@H](N)CC)cc1. The van der Waals surface area contributed by atoms with Gasteiger partial charge in [-0.1, -0.05) is 58.1 Å². The molecule has 0 saturated carbocycles. The lowest BCUT2D eigenvalue weighted by Gasteiger charge is -2.10. The highest BCUT2D eigenvalue weighted by Gasteiger charge is 2.02. The van der Waals surface area contributed by atoms with E-state index in [1.807, 2.05) is 12.1 Å². The van der Waals surface area contributed by atoms with E-state index in [0.29, 0.717) is 0 Å². The van der Waals surface area contributed by atoms with E-state index in [1.54, 1.807) is 0 Å². The fourth-order valence-corrected chi connectivity index (χ4v) is 2.12. The highest BCUT2D eigenvalue weighted by molar-refractivity contribution is 5.28. The first-order valence-electron chi connectivity index (χ1n) is 7.76. The Morgan fingerprint density at radius 2 is 1.58 bits per heavy atom. The van der Waals surface area contributed by atoms with E-state index in [9.17, 15) is 0 Å². The van der Waals surface area contributed by atoms with Gasteiger partial charge in [-0.25, -0.2) is 0 Å². The van der Waals surface area contributed by atoms with Gasteiger partial charge in [0.05, 0.1) is 6.61 Å². The van der Waals surface area contributed by atoms with Crippen LogP contribution in [0.5, 0.6) is 5.75 Å². The molecule has 0 aliphatic heterocycles. The van der Waals surface area contributed by atoms with Gasteiger partial charge in [-0.15, -0.1) is 0 Å². The van der Waals surface area contributed by atoms with E-state index in [2.05, 4.69) is 26.0 Å². The minimum atomic E-state index is 0.146. The van der Waals surface area contributed by atoms with Gasteiger partial charge in [0.15, 0.2) is 0 Å². The molecule has 0 aliphatic carbocycles. The van der Waals surface area contributed by atoms with Crippen molar-refractivity contribution in [3.63, 3.8) is 0 Å². The van der Waals surface area contributed by atoms with Crippen LogP contribution in [0.1, 0.15) is 70.4 Å². The van der Waals surface area contributed by atoms with Crippen LogP contribution in [0.3, 0.4) is 0 Å². The summed E-state index contributed by atoms with van der Waals surface area (Å²) in [6.45, 7) is 5.18. The maximum atomic E-state index is 5.98. The van der Waals surface area contributed by atoms with E-state index in [0.717, 1.165) is 25.2 Å². The first kappa shape index (κ1) is 16.0. The molecule has 1 atom stereocenters. The van der Waals surface area contributed by atoms with Crippen molar-refractivity contribution < 1.29 is 4.74 Å². The molecule has 0 radical (unpaired) electrons. The van der Waals surface area contributed by atoms with Crippen molar-refractivity contribution in [3.8, 4) is 5.75 Å². The molecular formula is C17H29NO. The lowest BCUT2D eigenvalue weighted by molar-refractivity contribution is 0.304. The van der Waals surface area contributed by atoms with E-state index >= 15 is 0 Å². The molecule has 2 N–H and O–H groups in total. The molecule has 2 nitrogen and oxygen atoms in total. The summed E-state index contributed by atoms with van der Waals surface area (Å²) >= 11 is 0. The summed E-state index contributed by atoms with van der Waals surface area (Å²) in [5.41, 5.74) is 7.17. The molecule has 2 heteroatoms. The quantitative estimate of drug-likeness (QED) is 0.613. The Kier molecular flexibility index (Phi) is 8.31. The molecule has 0 spiro atoms. The number of benzene rings is 1. The smallest absolute Gasteiger partial charge is 0.119 e. The molecule has 108 valence electrons. The van der Waals surface area contributed by atoms with E-state index in [-0.39, 0.29) is 6.04 Å². The summed E-state index contributed by atoms with van der Waals surface area (Å²) in [6.07, 6.45) is 8.76. The minimum absolute atomic E-state index is 0.146. The van der Waals surface area contributed by atoms with Gasteiger partial charge in [0.25, 0.3) is 0 Å². The number of nitrogens with two attached hydrogens (primary N) is 1. The Hall–Kier alpha value is -1.02. The summed E-state index contributed by atoms with van der Waals surface area (Å²) in [5.74, 6) is 0.959. The average molecular weight is 263 g/mol. The molecule has 1 aromatic rings. The second kappa shape index (κ2) is 9.85. The number of hydrogen-bond donors (Lipinski definition) is 1. The topological polar surface area (TPSA) is 35.2 Å². The van der Waals surface area contributed by atoms with Crippen LogP contribution in [0.2, 0.25) is 0 Å². The van der Waals surface area contributed by atoms with E-state index < -0.39 is 0 Å². The zero-order valence-electron chi connectivity index (χ0n) is 12.5. The van der Waals surface area contributed by atoms with Crippen LogP contribution in [0.15, 0.2) is 24.3 Å². The third-order valence-electron chi connectivity index (χ3n) is 3.51.